The van der Waals surface area contributed by atoms with E-state index in [4.69, 9.17) is 4.74 Å². The molecule has 0 saturated heterocycles. The average molecular weight is 841 g/mol. The Labute approximate surface area is 378 Å². The van der Waals surface area contributed by atoms with Crippen LogP contribution in [0.3, 0.4) is 0 Å². The maximum atomic E-state index is 6.70. The molecule has 1 unspecified atom stereocenters. The van der Waals surface area contributed by atoms with Crippen molar-refractivity contribution in [3.63, 3.8) is 0 Å². The van der Waals surface area contributed by atoms with Crippen LogP contribution in [-0.2, 0) is 0 Å². The standard InChI is InChI=1S/C61H61OP/c1-41(2)62-54-35-22-23-36-55(54)63(61(7,8)9)60-52(56-42(3)37-50(38-43(56)4)58(46-25-14-10-15-26-46)47-27-16-11-17-28-47)33-24-34-53(60)57-44(5)39-51(40-45(57)6)59(48-29-18-12-19-30-48)49-31-20-13-21-32-49/h10-41,58-59H,1-9H3. The summed E-state index contributed by atoms with van der Waals surface area (Å²) in [6, 6.07) is 69.6. The highest BCUT2D eigenvalue weighted by Gasteiger charge is 2.35. The summed E-state index contributed by atoms with van der Waals surface area (Å²) in [7, 11) is -0.991. The largest absolute Gasteiger partial charge is 0.490 e. The summed E-state index contributed by atoms with van der Waals surface area (Å²) in [5.74, 6) is 1.22. The van der Waals surface area contributed by atoms with Gasteiger partial charge in [0.25, 0.3) is 0 Å². The first-order valence-corrected chi connectivity index (χ1v) is 23.9. The molecule has 0 bridgehead atoms. The first-order chi connectivity index (χ1) is 30.4. The third kappa shape index (κ3) is 9.23. The number of ether oxygens (including phenoxy) is 1. The van der Waals surface area contributed by atoms with Gasteiger partial charge in [0.05, 0.1) is 6.10 Å². The Hall–Kier alpha value is -6.01. The van der Waals surface area contributed by atoms with Gasteiger partial charge in [-0.2, -0.15) is 0 Å². The molecule has 0 fully saturated rings. The van der Waals surface area contributed by atoms with Gasteiger partial charge in [0.2, 0.25) is 0 Å². The van der Waals surface area contributed by atoms with Gasteiger partial charge >= 0.3 is 0 Å². The van der Waals surface area contributed by atoms with Crippen molar-refractivity contribution in [2.75, 3.05) is 0 Å². The Bertz CT molecular complexity index is 2520. The number of para-hydroxylation sites is 1. The van der Waals surface area contributed by atoms with Crippen molar-refractivity contribution in [2.24, 2.45) is 0 Å². The molecule has 2 heteroatoms. The number of rotatable bonds is 12. The molecule has 0 saturated carbocycles. The van der Waals surface area contributed by atoms with Crippen molar-refractivity contribution in [1.82, 2.24) is 0 Å². The highest BCUT2D eigenvalue weighted by Crippen LogP contribution is 2.54. The van der Waals surface area contributed by atoms with E-state index in [1.807, 2.05) is 0 Å². The van der Waals surface area contributed by atoms with Gasteiger partial charge in [-0.3, -0.25) is 0 Å². The van der Waals surface area contributed by atoms with E-state index in [1.54, 1.807) is 0 Å². The van der Waals surface area contributed by atoms with E-state index in [-0.39, 0.29) is 23.1 Å². The molecule has 63 heavy (non-hydrogen) atoms. The lowest BCUT2D eigenvalue weighted by Gasteiger charge is -2.37. The Balaban J connectivity index is 1.39. The number of aryl methyl sites for hydroxylation is 4. The summed E-state index contributed by atoms with van der Waals surface area (Å²) in [4.78, 5) is 0. The molecule has 0 spiro atoms. The minimum atomic E-state index is -0.991. The molecule has 0 aliphatic rings. The zero-order valence-corrected chi connectivity index (χ0v) is 39.4. The van der Waals surface area contributed by atoms with E-state index in [1.165, 1.54) is 88.5 Å². The fraction of sp³-hybridized carbons (Fsp3) is 0.213. The Morgan fingerprint density at radius 1 is 0.397 bits per heavy atom. The van der Waals surface area contributed by atoms with Gasteiger partial charge in [-0.25, -0.2) is 0 Å². The highest BCUT2D eigenvalue weighted by molar-refractivity contribution is 7.75. The first kappa shape index (κ1) is 43.6. The van der Waals surface area contributed by atoms with E-state index in [2.05, 4.69) is 250 Å². The molecule has 0 aliphatic heterocycles. The van der Waals surface area contributed by atoms with Crippen LogP contribution >= 0.6 is 7.92 Å². The third-order valence-corrected chi connectivity index (χ3v) is 15.4. The third-order valence-electron chi connectivity index (χ3n) is 12.2. The summed E-state index contributed by atoms with van der Waals surface area (Å²) in [5.41, 5.74) is 18.2. The molecule has 0 N–H and O–H groups in total. The predicted octanol–water partition coefficient (Wildman–Crippen LogP) is 15.6. The van der Waals surface area contributed by atoms with Crippen LogP contribution in [0.5, 0.6) is 5.75 Å². The minimum absolute atomic E-state index is 0.0519. The van der Waals surface area contributed by atoms with Gasteiger partial charge in [-0.05, 0) is 144 Å². The number of hydrogen-bond donors (Lipinski definition) is 0. The first-order valence-electron chi connectivity index (χ1n) is 22.5. The van der Waals surface area contributed by atoms with Gasteiger partial charge in [0.15, 0.2) is 0 Å². The minimum Gasteiger partial charge on any atom is -0.490 e. The fourth-order valence-electron chi connectivity index (χ4n) is 9.91. The van der Waals surface area contributed by atoms with E-state index in [0.29, 0.717) is 0 Å². The van der Waals surface area contributed by atoms with Crippen LogP contribution in [0.1, 0.15) is 102 Å². The van der Waals surface area contributed by atoms with Crippen molar-refractivity contribution >= 4 is 18.5 Å². The van der Waals surface area contributed by atoms with Crippen molar-refractivity contribution in [2.45, 2.75) is 85.4 Å². The molecular formula is C61H61OP. The van der Waals surface area contributed by atoms with Crippen LogP contribution in [0.4, 0.5) is 0 Å². The molecule has 0 amide bonds. The lowest BCUT2D eigenvalue weighted by molar-refractivity contribution is 0.244. The lowest BCUT2D eigenvalue weighted by Crippen LogP contribution is -2.30. The second-order valence-corrected chi connectivity index (χ2v) is 21.4. The fourth-order valence-corrected chi connectivity index (χ4v) is 13.0. The van der Waals surface area contributed by atoms with E-state index >= 15 is 0 Å². The quantitative estimate of drug-likeness (QED) is 0.0880. The van der Waals surface area contributed by atoms with Crippen LogP contribution in [0.2, 0.25) is 0 Å². The van der Waals surface area contributed by atoms with Gasteiger partial charge in [0, 0.05) is 17.1 Å². The van der Waals surface area contributed by atoms with Crippen LogP contribution in [0.25, 0.3) is 22.3 Å². The normalized spacial score (nSPS) is 12.3. The second-order valence-electron chi connectivity index (χ2n) is 18.4. The maximum Gasteiger partial charge on any atom is 0.127 e. The molecule has 1 atom stereocenters. The van der Waals surface area contributed by atoms with Crippen LogP contribution in [0, 0.1) is 27.7 Å². The van der Waals surface area contributed by atoms with Crippen molar-refractivity contribution in [3.8, 4) is 28.0 Å². The lowest BCUT2D eigenvalue weighted by atomic mass is 9.81. The molecule has 0 aliphatic carbocycles. The van der Waals surface area contributed by atoms with Crippen molar-refractivity contribution in [3.05, 3.63) is 244 Å². The molecule has 8 aromatic carbocycles. The molecule has 8 rings (SSSR count). The maximum absolute atomic E-state index is 6.70. The van der Waals surface area contributed by atoms with Crippen LogP contribution < -0.4 is 15.3 Å². The summed E-state index contributed by atoms with van der Waals surface area (Å²) in [6.07, 6.45) is 0.0519. The SMILES string of the molecule is Cc1cc(C(c2ccccc2)c2ccccc2)cc(C)c1-c1cccc(-c2c(C)cc(C(c3ccccc3)c3ccccc3)cc2C)c1P(c1ccccc1OC(C)C)C(C)(C)C. The van der Waals surface area contributed by atoms with E-state index in [9.17, 15) is 0 Å². The Kier molecular flexibility index (Phi) is 13.0. The van der Waals surface area contributed by atoms with Crippen molar-refractivity contribution < 1.29 is 4.74 Å². The summed E-state index contributed by atoms with van der Waals surface area (Å²) in [6.45, 7) is 20.8. The predicted molar refractivity (Wildman–Crippen MR) is 272 cm³/mol. The Morgan fingerprint density at radius 3 is 1.06 bits per heavy atom. The molecule has 0 radical (unpaired) electrons. The van der Waals surface area contributed by atoms with Crippen LogP contribution in [0.15, 0.2) is 188 Å². The Morgan fingerprint density at radius 2 is 0.730 bits per heavy atom. The topological polar surface area (TPSA) is 9.23 Å². The van der Waals surface area contributed by atoms with Crippen molar-refractivity contribution in [1.29, 1.82) is 0 Å². The number of hydrogen-bond acceptors (Lipinski definition) is 1. The molecule has 0 heterocycles. The van der Waals surface area contributed by atoms with E-state index in [0.717, 1.165) is 5.75 Å². The van der Waals surface area contributed by atoms with Gasteiger partial charge in [-0.15, -0.1) is 0 Å². The summed E-state index contributed by atoms with van der Waals surface area (Å²) >= 11 is 0. The van der Waals surface area contributed by atoms with Gasteiger partial charge in [-0.1, -0.05) is 203 Å². The van der Waals surface area contributed by atoms with E-state index < -0.39 is 7.92 Å². The smallest absolute Gasteiger partial charge is 0.127 e. The molecule has 8 aromatic rings. The molecule has 316 valence electrons. The molecule has 1 nitrogen and oxygen atoms in total. The highest BCUT2D eigenvalue weighted by atomic mass is 31.1. The zero-order chi connectivity index (χ0) is 44.3. The number of benzene rings is 8. The summed E-state index contributed by atoms with van der Waals surface area (Å²) in [5, 5.41) is 2.57. The van der Waals surface area contributed by atoms with Crippen LogP contribution in [-0.4, -0.2) is 11.3 Å². The van der Waals surface area contributed by atoms with Gasteiger partial charge < -0.3 is 4.74 Å². The van der Waals surface area contributed by atoms with Gasteiger partial charge in [0.1, 0.15) is 5.75 Å². The average Bonchev–Trinajstić information content (AvgIpc) is 3.26. The monoisotopic (exact) mass is 840 g/mol. The molecular weight excluding hydrogens is 780 g/mol. The summed E-state index contributed by atoms with van der Waals surface area (Å²) < 4.78 is 6.70. The zero-order valence-electron chi connectivity index (χ0n) is 38.5. The molecule has 0 aromatic heterocycles. The second kappa shape index (κ2) is 18.8.